The summed E-state index contributed by atoms with van der Waals surface area (Å²) in [5, 5.41) is 17.4. The van der Waals surface area contributed by atoms with Crippen molar-refractivity contribution in [1.29, 1.82) is 0 Å². The lowest BCUT2D eigenvalue weighted by Gasteiger charge is -2.14. The first-order valence-electron chi connectivity index (χ1n) is 5.76. The van der Waals surface area contributed by atoms with Gasteiger partial charge in [0.1, 0.15) is 6.10 Å². The zero-order valence-corrected chi connectivity index (χ0v) is 9.65. The van der Waals surface area contributed by atoms with Gasteiger partial charge in [-0.3, -0.25) is 0 Å². The number of aliphatic hydroxyl groups is 2. The highest BCUT2D eigenvalue weighted by molar-refractivity contribution is 4.53. The van der Waals surface area contributed by atoms with E-state index in [1.807, 2.05) is 0 Å². The fourth-order valence-corrected chi connectivity index (χ4v) is 1.22. The van der Waals surface area contributed by atoms with Gasteiger partial charge in [-0.2, -0.15) is 0 Å². The molecule has 1 unspecified atom stereocenters. The molecule has 0 aromatic heterocycles. The average molecular weight is 220 g/mol. The van der Waals surface area contributed by atoms with Crippen molar-refractivity contribution in [1.82, 2.24) is 0 Å². The molecule has 0 bridgehead atoms. The molecule has 0 aromatic rings. The van der Waals surface area contributed by atoms with E-state index >= 15 is 0 Å². The maximum atomic E-state index is 8.91. The minimum absolute atomic E-state index is 0.0208. The lowest BCUT2D eigenvalue weighted by molar-refractivity contribution is -0.0514. The fraction of sp³-hybridized carbons (Fsp3) is 1.00. The molecule has 4 heteroatoms. The molecule has 0 aliphatic rings. The molecule has 15 heavy (non-hydrogen) atoms. The predicted molar refractivity (Wildman–Crippen MR) is 58.9 cm³/mol. The van der Waals surface area contributed by atoms with E-state index in [0.717, 1.165) is 13.0 Å². The van der Waals surface area contributed by atoms with Gasteiger partial charge in [0, 0.05) is 6.61 Å². The number of hydrogen-bond acceptors (Lipinski definition) is 4. The molecule has 0 aromatic carbocycles. The van der Waals surface area contributed by atoms with E-state index in [-0.39, 0.29) is 25.9 Å². The third kappa shape index (κ3) is 10.1. The third-order valence-electron chi connectivity index (χ3n) is 2.09. The molecule has 0 heterocycles. The normalized spacial score (nSPS) is 13.0. The molecule has 4 nitrogen and oxygen atoms in total. The van der Waals surface area contributed by atoms with E-state index < -0.39 is 0 Å². The Labute approximate surface area is 92.2 Å². The first-order chi connectivity index (χ1) is 7.35. The Morgan fingerprint density at radius 3 is 2.47 bits per heavy atom. The van der Waals surface area contributed by atoms with E-state index in [9.17, 15) is 0 Å². The maximum absolute atomic E-state index is 8.91. The SMILES string of the molecule is CCCCCCOCC(CO)OCCO. The lowest BCUT2D eigenvalue weighted by Crippen LogP contribution is -2.25. The van der Waals surface area contributed by atoms with Gasteiger partial charge < -0.3 is 19.7 Å². The van der Waals surface area contributed by atoms with Crippen LogP contribution in [0.2, 0.25) is 0 Å². The van der Waals surface area contributed by atoms with Crippen LogP contribution in [0.5, 0.6) is 0 Å². The van der Waals surface area contributed by atoms with Gasteiger partial charge >= 0.3 is 0 Å². The molecule has 0 fully saturated rings. The zero-order valence-electron chi connectivity index (χ0n) is 9.65. The molecule has 2 N–H and O–H groups in total. The van der Waals surface area contributed by atoms with Crippen LogP contribution in [-0.2, 0) is 9.47 Å². The standard InChI is InChI=1S/C11H24O4/c1-2-3-4-5-7-14-10-11(9-13)15-8-6-12/h11-13H,2-10H2,1H3. The topological polar surface area (TPSA) is 58.9 Å². The van der Waals surface area contributed by atoms with Crippen molar-refractivity contribution in [3.63, 3.8) is 0 Å². The van der Waals surface area contributed by atoms with Crippen molar-refractivity contribution in [2.75, 3.05) is 33.0 Å². The van der Waals surface area contributed by atoms with Crippen LogP contribution in [0.1, 0.15) is 32.6 Å². The van der Waals surface area contributed by atoms with Crippen LogP contribution in [0.3, 0.4) is 0 Å². The summed E-state index contributed by atoms with van der Waals surface area (Å²) in [6, 6.07) is 0. The molecule has 0 amide bonds. The van der Waals surface area contributed by atoms with Gasteiger partial charge in [0.2, 0.25) is 0 Å². The van der Waals surface area contributed by atoms with Crippen molar-refractivity contribution in [2.45, 2.75) is 38.7 Å². The van der Waals surface area contributed by atoms with Gasteiger partial charge in [-0.25, -0.2) is 0 Å². The molecule has 0 radical (unpaired) electrons. The minimum Gasteiger partial charge on any atom is -0.394 e. The molecule has 0 saturated heterocycles. The van der Waals surface area contributed by atoms with Crippen LogP contribution < -0.4 is 0 Å². The molecule has 1 atom stereocenters. The van der Waals surface area contributed by atoms with Crippen molar-refractivity contribution < 1.29 is 19.7 Å². The summed E-state index contributed by atoms with van der Waals surface area (Å²) in [5.74, 6) is 0. The largest absolute Gasteiger partial charge is 0.394 e. The fourth-order valence-electron chi connectivity index (χ4n) is 1.22. The number of aliphatic hydroxyl groups excluding tert-OH is 2. The monoisotopic (exact) mass is 220 g/mol. The molecule has 0 aliphatic heterocycles. The van der Waals surface area contributed by atoms with Crippen LogP contribution in [0, 0.1) is 0 Å². The van der Waals surface area contributed by atoms with E-state index in [2.05, 4.69) is 6.92 Å². The van der Waals surface area contributed by atoms with Gasteiger partial charge in [0.25, 0.3) is 0 Å². The highest BCUT2D eigenvalue weighted by Gasteiger charge is 2.06. The summed E-state index contributed by atoms with van der Waals surface area (Å²) >= 11 is 0. The van der Waals surface area contributed by atoms with Crippen molar-refractivity contribution in [3.8, 4) is 0 Å². The molecule has 0 aliphatic carbocycles. The van der Waals surface area contributed by atoms with Crippen molar-refractivity contribution in [3.05, 3.63) is 0 Å². The predicted octanol–water partition coefficient (Wildman–Crippen LogP) is 0.953. The Hall–Kier alpha value is -0.160. The van der Waals surface area contributed by atoms with E-state index in [1.165, 1.54) is 19.3 Å². The number of hydrogen-bond donors (Lipinski definition) is 2. The minimum atomic E-state index is -0.302. The van der Waals surface area contributed by atoms with Gasteiger partial charge in [0.05, 0.1) is 26.4 Å². The number of rotatable bonds is 11. The summed E-state index contributed by atoms with van der Waals surface area (Å²) in [7, 11) is 0. The Morgan fingerprint density at radius 1 is 1.07 bits per heavy atom. The number of ether oxygens (including phenoxy) is 2. The van der Waals surface area contributed by atoms with Gasteiger partial charge in [-0.1, -0.05) is 26.2 Å². The molecule has 0 spiro atoms. The molecular formula is C11H24O4. The smallest absolute Gasteiger partial charge is 0.104 e. The Kier molecular flexibility index (Phi) is 11.8. The molecule has 0 rings (SSSR count). The highest BCUT2D eigenvalue weighted by Crippen LogP contribution is 2.00. The quantitative estimate of drug-likeness (QED) is 0.509. The zero-order chi connectivity index (χ0) is 11.4. The van der Waals surface area contributed by atoms with Crippen LogP contribution in [0.15, 0.2) is 0 Å². The summed E-state index contributed by atoms with van der Waals surface area (Å²) in [4.78, 5) is 0. The molecule has 92 valence electrons. The van der Waals surface area contributed by atoms with Crippen LogP contribution in [-0.4, -0.2) is 49.4 Å². The number of unbranched alkanes of at least 4 members (excludes halogenated alkanes) is 3. The summed E-state index contributed by atoms with van der Waals surface area (Å²) in [5.41, 5.74) is 0. The maximum Gasteiger partial charge on any atom is 0.104 e. The van der Waals surface area contributed by atoms with Crippen molar-refractivity contribution >= 4 is 0 Å². The van der Waals surface area contributed by atoms with Crippen LogP contribution >= 0.6 is 0 Å². The Morgan fingerprint density at radius 2 is 1.87 bits per heavy atom. The van der Waals surface area contributed by atoms with Crippen LogP contribution in [0.25, 0.3) is 0 Å². The van der Waals surface area contributed by atoms with Crippen molar-refractivity contribution in [2.24, 2.45) is 0 Å². The average Bonchev–Trinajstić information content (AvgIpc) is 2.27. The Bertz CT molecular complexity index is 119. The first-order valence-corrected chi connectivity index (χ1v) is 5.76. The third-order valence-corrected chi connectivity index (χ3v) is 2.09. The highest BCUT2D eigenvalue weighted by atomic mass is 16.5. The summed E-state index contributed by atoms with van der Waals surface area (Å²) < 4.78 is 10.5. The molecule has 0 saturated carbocycles. The van der Waals surface area contributed by atoms with Gasteiger partial charge in [0.15, 0.2) is 0 Å². The second-order valence-corrected chi connectivity index (χ2v) is 3.53. The first kappa shape index (κ1) is 14.8. The van der Waals surface area contributed by atoms with E-state index in [4.69, 9.17) is 19.7 Å². The van der Waals surface area contributed by atoms with Gasteiger partial charge in [-0.05, 0) is 6.42 Å². The lowest BCUT2D eigenvalue weighted by atomic mass is 10.2. The summed E-state index contributed by atoms with van der Waals surface area (Å²) in [6.07, 6.45) is 4.42. The molecular weight excluding hydrogens is 196 g/mol. The second kappa shape index (κ2) is 11.9. The van der Waals surface area contributed by atoms with Crippen LogP contribution in [0.4, 0.5) is 0 Å². The van der Waals surface area contributed by atoms with E-state index in [1.54, 1.807) is 0 Å². The summed E-state index contributed by atoms with van der Waals surface area (Å²) in [6.45, 7) is 3.47. The second-order valence-electron chi connectivity index (χ2n) is 3.53. The van der Waals surface area contributed by atoms with E-state index in [0.29, 0.717) is 6.61 Å². The van der Waals surface area contributed by atoms with Gasteiger partial charge in [-0.15, -0.1) is 0 Å². The Balaban J connectivity index is 3.22.